The van der Waals surface area contributed by atoms with E-state index in [0.29, 0.717) is 4.35 Å². The van der Waals surface area contributed by atoms with E-state index in [1.54, 1.807) is 12.1 Å². The van der Waals surface area contributed by atoms with Gasteiger partial charge in [0, 0.05) is 0 Å². The predicted molar refractivity (Wildman–Crippen MR) is 44.8 cm³/mol. The molecule has 0 saturated heterocycles. The van der Waals surface area contributed by atoms with Crippen LogP contribution in [0.1, 0.15) is 10.4 Å². The molecule has 62 valence electrons. The van der Waals surface area contributed by atoms with Gasteiger partial charge in [-0.2, -0.15) is 0 Å². The van der Waals surface area contributed by atoms with Crippen LogP contribution in [0.25, 0.3) is 0 Å². The van der Waals surface area contributed by atoms with Crippen LogP contribution in [0.4, 0.5) is 0 Å². The molecule has 0 atom stereocenters. The molecule has 0 aromatic heterocycles. The third kappa shape index (κ3) is 1.62. The molecule has 0 saturated carbocycles. The van der Waals surface area contributed by atoms with Gasteiger partial charge in [0.2, 0.25) is 0 Å². The van der Waals surface area contributed by atoms with Crippen LogP contribution in [-0.4, -0.2) is 35.0 Å². The zero-order chi connectivity index (χ0) is 9.14. The third-order valence-corrected chi connectivity index (χ3v) is 2.18. The van der Waals surface area contributed by atoms with Gasteiger partial charge in [-0.1, -0.05) is 0 Å². The summed E-state index contributed by atoms with van der Waals surface area (Å²) in [7, 11) is 1.28. The van der Waals surface area contributed by atoms with Crippen LogP contribution in [0.5, 0.6) is 5.75 Å². The number of carbonyl (C=O) groups is 1. The summed E-state index contributed by atoms with van der Waals surface area (Å²) in [5.74, 6) is -0.565. The van der Waals surface area contributed by atoms with Gasteiger partial charge in [0.05, 0.1) is 0 Å². The zero-order valence-corrected chi connectivity index (χ0v) is 8.32. The molecule has 4 heteroatoms. The Morgan fingerprint density at radius 1 is 1.58 bits per heavy atom. The van der Waals surface area contributed by atoms with Gasteiger partial charge in [0.1, 0.15) is 0 Å². The Morgan fingerprint density at radius 3 is 2.83 bits per heavy atom. The number of benzene rings is 1. The average molecular weight is 226 g/mol. The fourth-order valence-electron chi connectivity index (χ4n) is 0.806. The summed E-state index contributed by atoms with van der Waals surface area (Å²) in [5, 5.41) is 9.38. The van der Waals surface area contributed by atoms with Crippen molar-refractivity contribution in [3.05, 3.63) is 23.8 Å². The number of phenolic OH excluding ortho intramolecular Hbond substituents is 1. The topological polar surface area (TPSA) is 46.5 Å². The first-order valence-corrected chi connectivity index (χ1v) is 4.20. The summed E-state index contributed by atoms with van der Waals surface area (Å²) in [6.45, 7) is 0. The van der Waals surface area contributed by atoms with Crippen molar-refractivity contribution >= 4 is 27.2 Å². The summed E-state index contributed by atoms with van der Waals surface area (Å²) >= 11 is 2.18. The molecule has 0 fully saturated rings. The normalized spacial score (nSPS) is 9.50. The molecular formula is C8H7AsO3. The molecule has 0 unspecified atom stereocenters. The van der Waals surface area contributed by atoms with E-state index in [4.69, 9.17) is 0 Å². The second-order valence-corrected chi connectivity index (χ2v) is 3.18. The Morgan fingerprint density at radius 2 is 2.25 bits per heavy atom. The summed E-state index contributed by atoms with van der Waals surface area (Å²) < 4.78 is 5.07. The minimum atomic E-state index is -0.527. The molecule has 1 rings (SSSR count). The van der Waals surface area contributed by atoms with Gasteiger partial charge in [-0.3, -0.25) is 0 Å². The molecule has 0 amide bonds. The maximum absolute atomic E-state index is 11.0. The van der Waals surface area contributed by atoms with Crippen LogP contribution in [0.2, 0.25) is 0 Å². The Balaban J connectivity index is 3.16. The van der Waals surface area contributed by atoms with E-state index < -0.39 is 5.97 Å². The molecule has 3 nitrogen and oxygen atoms in total. The number of ether oxygens (including phenoxy) is 1. The summed E-state index contributed by atoms with van der Waals surface area (Å²) in [5.41, 5.74) is 0.190. The summed E-state index contributed by atoms with van der Waals surface area (Å²) in [6.07, 6.45) is 0. The van der Waals surface area contributed by atoms with Crippen LogP contribution in [-0.2, 0) is 4.74 Å². The van der Waals surface area contributed by atoms with E-state index in [-0.39, 0.29) is 11.3 Å². The van der Waals surface area contributed by atoms with Gasteiger partial charge in [-0.15, -0.1) is 0 Å². The van der Waals surface area contributed by atoms with E-state index in [2.05, 4.69) is 21.6 Å². The summed E-state index contributed by atoms with van der Waals surface area (Å²) in [4.78, 5) is 11.0. The maximum atomic E-state index is 11.0. The van der Waals surface area contributed by atoms with E-state index >= 15 is 0 Å². The third-order valence-electron chi connectivity index (χ3n) is 1.42. The van der Waals surface area contributed by atoms with E-state index in [1.807, 2.05) is 0 Å². The molecule has 1 aromatic rings. The molecule has 0 aliphatic carbocycles. The number of carbonyl (C=O) groups excluding carboxylic acids is 1. The van der Waals surface area contributed by atoms with Gasteiger partial charge in [-0.25, -0.2) is 0 Å². The quantitative estimate of drug-likeness (QED) is 0.540. The monoisotopic (exact) mass is 226 g/mol. The molecular weight excluding hydrogens is 219 g/mol. The van der Waals surface area contributed by atoms with E-state index in [1.165, 1.54) is 13.2 Å². The second kappa shape index (κ2) is 3.63. The van der Waals surface area contributed by atoms with Crippen molar-refractivity contribution in [3.63, 3.8) is 0 Å². The van der Waals surface area contributed by atoms with Crippen molar-refractivity contribution in [2.75, 3.05) is 7.11 Å². The fourth-order valence-corrected chi connectivity index (χ4v) is 1.24. The Kier molecular flexibility index (Phi) is 2.77. The zero-order valence-electron chi connectivity index (χ0n) is 6.44. The number of methoxy groups -OCH3 is 1. The van der Waals surface area contributed by atoms with Gasteiger partial charge >= 0.3 is 78.4 Å². The number of phenols is 1. The molecule has 1 N–H and O–H groups in total. The van der Waals surface area contributed by atoms with Gasteiger partial charge in [-0.05, 0) is 0 Å². The SMILES string of the molecule is COC(=O)c1cccc([As])c1O. The number of hydrogen-bond donors (Lipinski definition) is 1. The molecule has 12 heavy (non-hydrogen) atoms. The molecule has 0 bridgehead atoms. The Hall–Kier alpha value is -0.952. The summed E-state index contributed by atoms with van der Waals surface area (Å²) in [6, 6.07) is 4.89. The van der Waals surface area contributed by atoms with Crippen molar-refractivity contribution in [3.8, 4) is 5.75 Å². The standard InChI is InChI=1S/C8H7AsO3/c1-12-8(11)5-3-2-4-6(9)7(5)10/h2-4,10H,1H3. The predicted octanol–water partition coefficient (Wildman–Crippen LogP) is -0.0274. The van der Waals surface area contributed by atoms with Crippen molar-refractivity contribution in [1.29, 1.82) is 0 Å². The minimum absolute atomic E-state index is 0.0376. The number of hydrogen-bond acceptors (Lipinski definition) is 3. The van der Waals surface area contributed by atoms with Gasteiger partial charge < -0.3 is 0 Å². The van der Waals surface area contributed by atoms with Crippen molar-refractivity contribution in [1.82, 2.24) is 0 Å². The van der Waals surface area contributed by atoms with E-state index in [9.17, 15) is 9.90 Å². The van der Waals surface area contributed by atoms with Crippen molar-refractivity contribution < 1.29 is 14.6 Å². The first-order chi connectivity index (χ1) is 5.66. The van der Waals surface area contributed by atoms with Crippen molar-refractivity contribution in [2.45, 2.75) is 0 Å². The first-order valence-electron chi connectivity index (χ1n) is 3.26. The number of rotatable bonds is 1. The second-order valence-electron chi connectivity index (χ2n) is 2.16. The van der Waals surface area contributed by atoms with Crippen molar-refractivity contribution in [2.24, 2.45) is 0 Å². The van der Waals surface area contributed by atoms with Gasteiger partial charge in [0.25, 0.3) is 0 Å². The van der Waals surface area contributed by atoms with Crippen LogP contribution in [0.15, 0.2) is 18.2 Å². The van der Waals surface area contributed by atoms with Crippen LogP contribution >= 0.6 is 0 Å². The molecule has 0 heterocycles. The number of esters is 1. The average Bonchev–Trinajstić information content (AvgIpc) is 2.08. The molecule has 0 spiro atoms. The molecule has 0 aliphatic heterocycles. The van der Waals surface area contributed by atoms with Crippen LogP contribution in [0, 0.1) is 0 Å². The Labute approximate surface area is 78.9 Å². The fraction of sp³-hybridized carbons (Fsp3) is 0.125. The van der Waals surface area contributed by atoms with E-state index in [0.717, 1.165) is 0 Å². The number of aromatic hydroxyl groups is 1. The first kappa shape index (κ1) is 9.14. The molecule has 0 aliphatic rings. The van der Waals surface area contributed by atoms with Crippen LogP contribution < -0.4 is 4.35 Å². The van der Waals surface area contributed by atoms with Crippen LogP contribution in [0.3, 0.4) is 0 Å². The number of para-hydroxylation sites is 1. The molecule has 2 radical (unpaired) electrons. The molecule has 1 aromatic carbocycles. The van der Waals surface area contributed by atoms with Gasteiger partial charge in [0.15, 0.2) is 0 Å². The Bertz CT molecular complexity index is 309.